The summed E-state index contributed by atoms with van der Waals surface area (Å²) in [7, 11) is 0. The zero-order valence-corrected chi connectivity index (χ0v) is 13.5. The predicted octanol–water partition coefficient (Wildman–Crippen LogP) is 3.80. The molecule has 4 nitrogen and oxygen atoms in total. The van der Waals surface area contributed by atoms with E-state index in [1.54, 1.807) is 11.3 Å². The van der Waals surface area contributed by atoms with Gasteiger partial charge in [-0.25, -0.2) is 4.68 Å². The molecule has 22 heavy (non-hydrogen) atoms. The molecule has 0 saturated carbocycles. The summed E-state index contributed by atoms with van der Waals surface area (Å²) in [6, 6.07) is 12.7. The first-order chi connectivity index (χ1) is 10.8. The van der Waals surface area contributed by atoms with Crippen LogP contribution in [0.1, 0.15) is 31.0 Å². The average molecular weight is 312 g/mol. The molecule has 1 aromatic carbocycles. The fourth-order valence-electron chi connectivity index (χ4n) is 2.48. The maximum absolute atomic E-state index is 5.82. The first kappa shape index (κ1) is 14.9. The number of nitrogens with zero attached hydrogens (tertiary/aromatic N) is 3. The minimum absolute atomic E-state index is 0.391. The Morgan fingerprint density at radius 1 is 1.18 bits per heavy atom. The molecule has 2 heterocycles. The van der Waals surface area contributed by atoms with Crippen LogP contribution in [-0.4, -0.2) is 15.0 Å². The lowest BCUT2D eigenvalue weighted by Crippen LogP contribution is -2.02. The van der Waals surface area contributed by atoms with Crippen molar-refractivity contribution in [3.63, 3.8) is 0 Å². The van der Waals surface area contributed by atoms with Gasteiger partial charge in [0.2, 0.25) is 0 Å². The zero-order valence-electron chi connectivity index (χ0n) is 12.7. The summed E-state index contributed by atoms with van der Waals surface area (Å²) in [5.74, 6) is 0. The number of aromatic nitrogens is 3. The lowest BCUT2D eigenvalue weighted by atomic mass is 10.1. The highest BCUT2D eigenvalue weighted by Crippen LogP contribution is 2.29. The second kappa shape index (κ2) is 6.85. The van der Waals surface area contributed by atoms with Crippen molar-refractivity contribution in [2.24, 2.45) is 5.73 Å². The summed E-state index contributed by atoms with van der Waals surface area (Å²) in [5.41, 5.74) is 10.0. The molecule has 0 saturated heterocycles. The maximum atomic E-state index is 5.82. The third kappa shape index (κ3) is 2.96. The summed E-state index contributed by atoms with van der Waals surface area (Å²) >= 11 is 1.68. The standard InChI is InChI=1S/C17H20N4S/c1-2-3-5-13-7-9-14(10-8-13)21-17(15(12-18)19-20-21)16-6-4-11-22-16/h4,6-11H,2-3,5,12,18H2,1H3. The normalized spacial score (nSPS) is 11.0. The van der Waals surface area contributed by atoms with Crippen LogP contribution in [0.4, 0.5) is 0 Å². The largest absolute Gasteiger partial charge is 0.325 e. The number of hydrogen-bond donors (Lipinski definition) is 1. The van der Waals surface area contributed by atoms with Crippen molar-refractivity contribution in [3.8, 4) is 16.3 Å². The van der Waals surface area contributed by atoms with Crippen molar-refractivity contribution < 1.29 is 0 Å². The number of benzene rings is 1. The van der Waals surface area contributed by atoms with Crippen LogP contribution in [0.25, 0.3) is 16.3 Å². The monoisotopic (exact) mass is 312 g/mol. The van der Waals surface area contributed by atoms with Gasteiger partial charge in [-0.05, 0) is 42.0 Å². The number of nitrogens with two attached hydrogens (primary N) is 1. The summed E-state index contributed by atoms with van der Waals surface area (Å²) in [6.07, 6.45) is 3.56. The molecule has 0 radical (unpaired) electrons. The van der Waals surface area contributed by atoms with Crippen LogP contribution in [0.2, 0.25) is 0 Å². The van der Waals surface area contributed by atoms with E-state index < -0.39 is 0 Å². The Hall–Kier alpha value is -1.98. The average Bonchev–Trinajstić information content (AvgIpc) is 3.21. The van der Waals surface area contributed by atoms with Crippen LogP contribution in [0, 0.1) is 0 Å². The Morgan fingerprint density at radius 3 is 2.64 bits per heavy atom. The van der Waals surface area contributed by atoms with E-state index >= 15 is 0 Å². The Bertz CT molecular complexity index is 714. The Morgan fingerprint density at radius 2 is 2.00 bits per heavy atom. The van der Waals surface area contributed by atoms with E-state index in [2.05, 4.69) is 52.9 Å². The molecule has 0 fully saturated rings. The first-order valence-electron chi connectivity index (χ1n) is 7.61. The molecule has 5 heteroatoms. The van der Waals surface area contributed by atoms with Gasteiger partial charge in [0.05, 0.1) is 10.6 Å². The van der Waals surface area contributed by atoms with Crippen LogP contribution in [0.15, 0.2) is 41.8 Å². The van der Waals surface area contributed by atoms with Crippen LogP contribution < -0.4 is 5.73 Å². The van der Waals surface area contributed by atoms with E-state index in [9.17, 15) is 0 Å². The van der Waals surface area contributed by atoms with Crippen molar-refractivity contribution in [2.75, 3.05) is 0 Å². The van der Waals surface area contributed by atoms with Crippen LogP contribution in [0.3, 0.4) is 0 Å². The van der Waals surface area contributed by atoms with Gasteiger partial charge in [0, 0.05) is 6.54 Å². The number of thiophene rings is 1. The highest BCUT2D eigenvalue weighted by molar-refractivity contribution is 7.13. The summed E-state index contributed by atoms with van der Waals surface area (Å²) in [4.78, 5) is 1.14. The third-order valence-electron chi connectivity index (χ3n) is 3.69. The minimum atomic E-state index is 0.391. The third-order valence-corrected chi connectivity index (χ3v) is 4.56. The molecule has 0 unspecified atom stereocenters. The summed E-state index contributed by atoms with van der Waals surface area (Å²) in [6.45, 7) is 2.60. The number of aryl methyl sites for hydroxylation is 1. The van der Waals surface area contributed by atoms with Crippen molar-refractivity contribution >= 4 is 11.3 Å². The van der Waals surface area contributed by atoms with E-state index in [0.717, 1.165) is 28.4 Å². The molecule has 2 N–H and O–H groups in total. The fourth-order valence-corrected chi connectivity index (χ4v) is 3.25. The minimum Gasteiger partial charge on any atom is -0.325 e. The molecule has 0 spiro atoms. The van der Waals surface area contributed by atoms with Crippen LogP contribution in [0.5, 0.6) is 0 Å². The molecular weight excluding hydrogens is 292 g/mol. The van der Waals surface area contributed by atoms with Crippen molar-refractivity contribution in [3.05, 3.63) is 53.0 Å². The molecule has 0 aliphatic heterocycles. The van der Waals surface area contributed by atoms with Gasteiger partial charge in [-0.2, -0.15) is 0 Å². The Balaban J connectivity index is 1.96. The van der Waals surface area contributed by atoms with Gasteiger partial charge in [-0.3, -0.25) is 0 Å². The van der Waals surface area contributed by atoms with Crippen molar-refractivity contribution in [1.82, 2.24) is 15.0 Å². The first-order valence-corrected chi connectivity index (χ1v) is 8.49. The molecule has 0 amide bonds. The lowest BCUT2D eigenvalue weighted by Gasteiger charge is -2.07. The number of unbranched alkanes of at least 4 members (excludes halogenated alkanes) is 1. The zero-order chi connectivity index (χ0) is 15.4. The topological polar surface area (TPSA) is 56.7 Å². The smallest absolute Gasteiger partial charge is 0.109 e. The van der Waals surface area contributed by atoms with Gasteiger partial charge >= 0.3 is 0 Å². The molecule has 0 aliphatic rings. The van der Waals surface area contributed by atoms with Crippen molar-refractivity contribution in [2.45, 2.75) is 32.7 Å². The molecule has 3 rings (SSSR count). The molecule has 0 aliphatic carbocycles. The summed E-state index contributed by atoms with van der Waals surface area (Å²) in [5, 5.41) is 10.6. The van der Waals surface area contributed by atoms with E-state index in [1.807, 2.05) is 10.7 Å². The molecule has 0 bridgehead atoms. The Kier molecular flexibility index (Phi) is 4.65. The van der Waals surface area contributed by atoms with E-state index in [1.165, 1.54) is 18.4 Å². The quantitative estimate of drug-likeness (QED) is 0.753. The second-order valence-corrected chi connectivity index (χ2v) is 6.20. The van der Waals surface area contributed by atoms with E-state index in [4.69, 9.17) is 5.73 Å². The van der Waals surface area contributed by atoms with Gasteiger partial charge < -0.3 is 5.73 Å². The number of rotatable bonds is 6. The van der Waals surface area contributed by atoms with Crippen LogP contribution >= 0.6 is 11.3 Å². The van der Waals surface area contributed by atoms with Gasteiger partial charge in [-0.1, -0.05) is 36.8 Å². The van der Waals surface area contributed by atoms with Gasteiger partial charge in [0.1, 0.15) is 11.4 Å². The lowest BCUT2D eigenvalue weighted by molar-refractivity contribution is 0.788. The van der Waals surface area contributed by atoms with Gasteiger partial charge in [-0.15, -0.1) is 16.4 Å². The number of hydrogen-bond acceptors (Lipinski definition) is 4. The molecular formula is C17H20N4S. The molecule has 114 valence electrons. The molecule has 0 atom stereocenters. The second-order valence-electron chi connectivity index (χ2n) is 5.25. The predicted molar refractivity (Wildman–Crippen MR) is 91.2 cm³/mol. The highest BCUT2D eigenvalue weighted by atomic mass is 32.1. The molecule has 3 aromatic rings. The summed E-state index contributed by atoms with van der Waals surface area (Å²) < 4.78 is 1.89. The SMILES string of the molecule is CCCCc1ccc(-n2nnc(CN)c2-c2cccs2)cc1. The Labute approximate surface area is 134 Å². The van der Waals surface area contributed by atoms with E-state index in [-0.39, 0.29) is 0 Å². The van der Waals surface area contributed by atoms with Gasteiger partial charge in [0.15, 0.2) is 0 Å². The van der Waals surface area contributed by atoms with Gasteiger partial charge in [0.25, 0.3) is 0 Å². The molecule has 2 aromatic heterocycles. The maximum Gasteiger partial charge on any atom is 0.109 e. The van der Waals surface area contributed by atoms with E-state index in [0.29, 0.717) is 6.54 Å². The highest BCUT2D eigenvalue weighted by Gasteiger charge is 2.15. The van der Waals surface area contributed by atoms with Crippen LogP contribution in [-0.2, 0) is 13.0 Å². The fraction of sp³-hybridized carbons (Fsp3) is 0.294. The van der Waals surface area contributed by atoms with Crippen molar-refractivity contribution in [1.29, 1.82) is 0 Å².